The molecule has 0 radical (unpaired) electrons. The minimum absolute atomic E-state index is 0.0729. The minimum Gasteiger partial charge on any atom is -0.389 e. The summed E-state index contributed by atoms with van der Waals surface area (Å²) in [6.07, 6.45) is -0.0318. The van der Waals surface area contributed by atoms with Gasteiger partial charge in [-0.15, -0.1) is 0 Å². The second-order valence-electron chi connectivity index (χ2n) is 7.04. The molecule has 4 aromatic rings. The van der Waals surface area contributed by atoms with Crippen molar-refractivity contribution in [3.8, 4) is 0 Å². The largest absolute Gasteiger partial charge is 0.389 e. The van der Waals surface area contributed by atoms with Gasteiger partial charge in [0.2, 0.25) is 10.0 Å². The number of anilines is 1. The zero-order valence-corrected chi connectivity index (χ0v) is 16.7. The molecule has 5 nitrogen and oxygen atoms in total. The van der Waals surface area contributed by atoms with Gasteiger partial charge in [-0.3, -0.25) is 4.31 Å². The van der Waals surface area contributed by atoms with Crippen molar-refractivity contribution in [3.63, 3.8) is 0 Å². The number of aromatic nitrogens is 1. The number of nitrogens with zero attached hydrogens (tertiary/aromatic N) is 2. The minimum atomic E-state index is -3.78. The SMILES string of the molecule is CS(=O)(=O)N(CC(O)Cn1c2ccccc2c2ccccc21)c1ccccc1F. The van der Waals surface area contributed by atoms with Crippen molar-refractivity contribution < 1.29 is 17.9 Å². The van der Waals surface area contributed by atoms with Crippen LogP contribution in [0.3, 0.4) is 0 Å². The van der Waals surface area contributed by atoms with Crippen LogP contribution in [0, 0.1) is 5.82 Å². The molecule has 3 aromatic carbocycles. The van der Waals surface area contributed by atoms with Gasteiger partial charge < -0.3 is 9.67 Å². The summed E-state index contributed by atoms with van der Waals surface area (Å²) in [6, 6.07) is 21.4. The number of sulfonamides is 1. The van der Waals surface area contributed by atoms with Gasteiger partial charge in [0.25, 0.3) is 0 Å². The lowest BCUT2D eigenvalue weighted by Gasteiger charge is -2.26. The molecular weight excluding hydrogens is 391 g/mol. The first-order valence-corrected chi connectivity index (χ1v) is 11.1. The average Bonchev–Trinajstić information content (AvgIpc) is 3.00. The monoisotopic (exact) mass is 412 g/mol. The number of fused-ring (bicyclic) bond motifs is 3. The highest BCUT2D eigenvalue weighted by molar-refractivity contribution is 7.92. The lowest BCUT2D eigenvalue weighted by atomic mass is 10.2. The molecule has 29 heavy (non-hydrogen) atoms. The van der Waals surface area contributed by atoms with Gasteiger partial charge in [0.05, 0.1) is 31.1 Å². The Bertz CT molecular complexity index is 1230. The van der Waals surface area contributed by atoms with Gasteiger partial charge >= 0.3 is 0 Å². The molecular formula is C22H21FN2O3S. The second kappa shape index (κ2) is 7.50. The molecule has 0 fully saturated rings. The van der Waals surface area contributed by atoms with E-state index in [2.05, 4.69) is 0 Å². The Morgan fingerprint density at radius 3 is 2.00 bits per heavy atom. The van der Waals surface area contributed by atoms with Gasteiger partial charge in [-0.25, -0.2) is 12.8 Å². The number of para-hydroxylation sites is 3. The molecule has 4 rings (SSSR count). The van der Waals surface area contributed by atoms with Crippen LogP contribution in [-0.4, -0.2) is 37.0 Å². The molecule has 1 aromatic heterocycles. The molecule has 0 aliphatic heterocycles. The lowest BCUT2D eigenvalue weighted by molar-refractivity contribution is 0.166. The summed E-state index contributed by atoms with van der Waals surface area (Å²) in [6.45, 7) is -0.0743. The number of hydrogen-bond acceptors (Lipinski definition) is 3. The number of halogens is 1. The summed E-state index contributed by atoms with van der Waals surface area (Å²) in [5.41, 5.74) is 1.82. The number of aliphatic hydroxyl groups excluding tert-OH is 1. The summed E-state index contributed by atoms with van der Waals surface area (Å²) in [5.74, 6) is -0.651. The summed E-state index contributed by atoms with van der Waals surface area (Å²) >= 11 is 0. The normalized spacial score (nSPS) is 13.1. The average molecular weight is 412 g/mol. The van der Waals surface area contributed by atoms with E-state index in [9.17, 15) is 17.9 Å². The van der Waals surface area contributed by atoms with Crippen LogP contribution in [0.15, 0.2) is 72.8 Å². The van der Waals surface area contributed by atoms with E-state index in [1.807, 2.05) is 53.1 Å². The molecule has 0 spiro atoms. The zero-order valence-electron chi connectivity index (χ0n) is 15.9. The van der Waals surface area contributed by atoms with E-state index in [0.717, 1.165) is 32.4 Å². The molecule has 1 unspecified atom stereocenters. The van der Waals surface area contributed by atoms with Gasteiger partial charge in [0.1, 0.15) is 5.82 Å². The fourth-order valence-electron chi connectivity index (χ4n) is 3.73. The van der Waals surface area contributed by atoms with Crippen molar-refractivity contribution in [2.75, 3.05) is 17.1 Å². The number of rotatable bonds is 6. The van der Waals surface area contributed by atoms with Crippen LogP contribution in [0.25, 0.3) is 21.8 Å². The van der Waals surface area contributed by atoms with Crippen LogP contribution in [-0.2, 0) is 16.6 Å². The van der Waals surface area contributed by atoms with Gasteiger partial charge in [-0.2, -0.15) is 0 Å². The van der Waals surface area contributed by atoms with Gasteiger partial charge in [-0.1, -0.05) is 48.5 Å². The molecule has 7 heteroatoms. The summed E-state index contributed by atoms with van der Waals surface area (Å²) < 4.78 is 41.7. The van der Waals surface area contributed by atoms with Gasteiger partial charge in [0.15, 0.2) is 0 Å². The standard InChI is InChI=1S/C22H21FN2O3S/c1-29(27,28)25(22-13-7-4-10-19(22)23)15-16(26)14-24-20-11-5-2-8-17(20)18-9-3-6-12-21(18)24/h2-13,16,26H,14-15H2,1H3. The number of aliphatic hydroxyl groups is 1. The van der Waals surface area contributed by atoms with Crippen molar-refractivity contribution in [2.45, 2.75) is 12.6 Å². The van der Waals surface area contributed by atoms with E-state index in [1.54, 1.807) is 6.07 Å². The topological polar surface area (TPSA) is 62.5 Å². The fraction of sp³-hybridized carbons (Fsp3) is 0.182. The Kier molecular flexibility index (Phi) is 5.02. The van der Waals surface area contributed by atoms with E-state index in [4.69, 9.17) is 0 Å². The Hall–Kier alpha value is -2.90. The van der Waals surface area contributed by atoms with Gasteiger partial charge in [-0.05, 0) is 24.3 Å². The third-order valence-electron chi connectivity index (χ3n) is 4.97. The van der Waals surface area contributed by atoms with Crippen molar-refractivity contribution in [1.82, 2.24) is 4.57 Å². The Labute approximate surface area is 168 Å². The molecule has 1 atom stereocenters. The van der Waals surface area contributed by atoms with Crippen LogP contribution in [0.2, 0.25) is 0 Å². The number of hydrogen-bond donors (Lipinski definition) is 1. The van der Waals surface area contributed by atoms with Crippen LogP contribution in [0.1, 0.15) is 0 Å². The Morgan fingerprint density at radius 1 is 0.931 bits per heavy atom. The third kappa shape index (κ3) is 3.71. The molecule has 0 bridgehead atoms. The predicted molar refractivity (Wildman–Crippen MR) is 114 cm³/mol. The molecule has 0 saturated heterocycles. The number of benzene rings is 3. The molecule has 0 aliphatic carbocycles. The first-order valence-electron chi connectivity index (χ1n) is 9.22. The highest BCUT2D eigenvalue weighted by atomic mass is 32.2. The quantitative estimate of drug-likeness (QED) is 0.525. The third-order valence-corrected chi connectivity index (χ3v) is 6.12. The fourth-order valence-corrected chi connectivity index (χ4v) is 4.67. The van der Waals surface area contributed by atoms with Crippen LogP contribution < -0.4 is 4.31 Å². The van der Waals surface area contributed by atoms with Crippen molar-refractivity contribution in [1.29, 1.82) is 0 Å². The highest BCUT2D eigenvalue weighted by Crippen LogP contribution is 2.29. The Morgan fingerprint density at radius 2 is 1.45 bits per heavy atom. The molecule has 0 aliphatic rings. The summed E-state index contributed by atoms with van der Waals surface area (Å²) in [7, 11) is -3.78. The van der Waals surface area contributed by atoms with E-state index in [1.165, 1.54) is 18.2 Å². The Balaban J connectivity index is 1.70. The van der Waals surface area contributed by atoms with Crippen LogP contribution in [0.4, 0.5) is 10.1 Å². The first kappa shape index (κ1) is 19.4. The maximum atomic E-state index is 14.2. The maximum Gasteiger partial charge on any atom is 0.232 e. The van der Waals surface area contributed by atoms with Gasteiger partial charge in [0, 0.05) is 21.8 Å². The molecule has 150 valence electrons. The predicted octanol–water partition coefficient (Wildman–Crippen LogP) is 3.76. The van der Waals surface area contributed by atoms with Crippen molar-refractivity contribution in [3.05, 3.63) is 78.6 Å². The lowest BCUT2D eigenvalue weighted by Crippen LogP contribution is -2.39. The summed E-state index contributed by atoms with van der Waals surface area (Å²) in [4.78, 5) is 0. The van der Waals surface area contributed by atoms with Crippen LogP contribution >= 0.6 is 0 Å². The van der Waals surface area contributed by atoms with E-state index < -0.39 is 21.9 Å². The molecule has 1 N–H and O–H groups in total. The first-order chi connectivity index (χ1) is 13.9. The molecule has 0 amide bonds. The van der Waals surface area contributed by atoms with E-state index >= 15 is 0 Å². The van der Waals surface area contributed by atoms with Crippen molar-refractivity contribution in [2.24, 2.45) is 0 Å². The summed E-state index contributed by atoms with van der Waals surface area (Å²) in [5, 5.41) is 12.9. The zero-order chi connectivity index (χ0) is 20.6. The molecule has 1 heterocycles. The highest BCUT2D eigenvalue weighted by Gasteiger charge is 2.24. The smallest absolute Gasteiger partial charge is 0.232 e. The van der Waals surface area contributed by atoms with E-state index in [0.29, 0.717) is 0 Å². The van der Waals surface area contributed by atoms with Crippen LogP contribution in [0.5, 0.6) is 0 Å². The van der Waals surface area contributed by atoms with Crippen molar-refractivity contribution >= 4 is 37.5 Å². The maximum absolute atomic E-state index is 14.2. The van der Waals surface area contributed by atoms with E-state index in [-0.39, 0.29) is 18.8 Å². The molecule has 0 saturated carbocycles. The second-order valence-corrected chi connectivity index (χ2v) is 8.95.